The van der Waals surface area contributed by atoms with Crippen molar-refractivity contribution in [2.75, 3.05) is 0 Å². The molecule has 2 nitrogen and oxygen atoms in total. The first-order valence-electron chi connectivity index (χ1n) is 5.58. The van der Waals surface area contributed by atoms with Gasteiger partial charge in [0.2, 0.25) is 0 Å². The lowest BCUT2D eigenvalue weighted by Gasteiger charge is -2.18. The predicted octanol–water partition coefficient (Wildman–Crippen LogP) is 3.38. The van der Waals surface area contributed by atoms with Gasteiger partial charge >= 0.3 is 0 Å². The molecule has 2 heteroatoms. The molecular formula is C14H18N2. The molecule has 1 aromatic heterocycles. The Morgan fingerprint density at radius 3 is 2.19 bits per heavy atom. The van der Waals surface area contributed by atoms with Crippen LogP contribution in [0.5, 0.6) is 0 Å². The van der Waals surface area contributed by atoms with E-state index in [0.717, 1.165) is 5.82 Å². The second-order valence-electron chi connectivity index (χ2n) is 5.14. The fraction of sp³-hybridized carbons (Fsp3) is 0.357. The fourth-order valence-electron chi connectivity index (χ4n) is 1.98. The number of nitrogens with zero attached hydrogens (tertiary/aromatic N) is 2. The zero-order valence-corrected chi connectivity index (χ0v) is 10.4. The second-order valence-corrected chi connectivity index (χ2v) is 5.14. The van der Waals surface area contributed by atoms with Crippen molar-refractivity contribution in [3.8, 4) is 11.3 Å². The number of hydrogen-bond acceptors (Lipinski definition) is 1. The van der Waals surface area contributed by atoms with Crippen LogP contribution in [0.15, 0.2) is 36.5 Å². The van der Waals surface area contributed by atoms with Crippen LogP contribution in [0.1, 0.15) is 26.6 Å². The number of aromatic nitrogens is 2. The van der Waals surface area contributed by atoms with Gasteiger partial charge in [-0.05, 0) is 5.56 Å². The van der Waals surface area contributed by atoms with Gasteiger partial charge in [0.25, 0.3) is 0 Å². The Labute approximate surface area is 97.0 Å². The van der Waals surface area contributed by atoms with Crippen LogP contribution >= 0.6 is 0 Å². The average Bonchev–Trinajstić information content (AvgIpc) is 2.61. The molecule has 0 radical (unpaired) electrons. The van der Waals surface area contributed by atoms with E-state index >= 15 is 0 Å². The van der Waals surface area contributed by atoms with E-state index in [4.69, 9.17) is 0 Å². The van der Waals surface area contributed by atoms with Crippen LogP contribution in [0, 0.1) is 0 Å². The molecular weight excluding hydrogens is 196 g/mol. The van der Waals surface area contributed by atoms with Gasteiger partial charge in [-0.25, -0.2) is 4.98 Å². The summed E-state index contributed by atoms with van der Waals surface area (Å²) in [6, 6.07) is 10.4. The first kappa shape index (κ1) is 10.9. The lowest BCUT2D eigenvalue weighted by atomic mass is 9.96. The number of hydrogen-bond donors (Lipinski definition) is 0. The zero-order valence-electron chi connectivity index (χ0n) is 10.4. The van der Waals surface area contributed by atoms with E-state index in [9.17, 15) is 0 Å². The lowest BCUT2D eigenvalue weighted by molar-refractivity contribution is 0.524. The van der Waals surface area contributed by atoms with E-state index in [1.165, 1.54) is 11.3 Å². The smallest absolute Gasteiger partial charge is 0.114 e. The molecule has 1 aromatic carbocycles. The van der Waals surface area contributed by atoms with E-state index in [-0.39, 0.29) is 5.41 Å². The third-order valence-electron chi connectivity index (χ3n) is 2.73. The molecule has 2 aromatic rings. The first-order valence-corrected chi connectivity index (χ1v) is 5.58. The standard InChI is InChI=1S/C14H18N2/c1-14(2,3)13-15-10-12(16(13)4)11-8-6-5-7-9-11/h5-10H,1-4H3. The van der Waals surface area contributed by atoms with Crippen molar-refractivity contribution in [2.45, 2.75) is 26.2 Å². The van der Waals surface area contributed by atoms with Gasteiger partial charge in [0.15, 0.2) is 0 Å². The summed E-state index contributed by atoms with van der Waals surface area (Å²) in [4.78, 5) is 4.53. The van der Waals surface area contributed by atoms with Crippen molar-refractivity contribution in [1.29, 1.82) is 0 Å². The van der Waals surface area contributed by atoms with Crippen LogP contribution in [0.25, 0.3) is 11.3 Å². The van der Waals surface area contributed by atoms with Crippen LogP contribution in [-0.4, -0.2) is 9.55 Å². The number of imidazole rings is 1. The topological polar surface area (TPSA) is 17.8 Å². The predicted molar refractivity (Wildman–Crippen MR) is 67.3 cm³/mol. The van der Waals surface area contributed by atoms with Crippen molar-refractivity contribution in [1.82, 2.24) is 9.55 Å². The van der Waals surface area contributed by atoms with E-state index in [1.807, 2.05) is 12.3 Å². The second kappa shape index (κ2) is 3.78. The van der Waals surface area contributed by atoms with Gasteiger partial charge in [0.1, 0.15) is 5.82 Å². The molecule has 2 rings (SSSR count). The Kier molecular flexibility index (Phi) is 2.58. The summed E-state index contributed by atoms with van der Waals surface area (Å²) in [6.45, 7) is 6.55. The maximum absolute atomic E-state index is 4.53. The maximum atomic E-state index is 4.53. The molecule has 0 aliphatic carbocycles. The molecule has 0 saturated heterocycles. The SMILES string of the molecule is Cn1c(-c2ccccc2)cnc1C(C)(C)C. The van der Waals surface area contributed by atoms with Crippen LogP contribution in [-0.2, 0) is 12.5 Å². The van der Waals surface area contributed by atoms with Gasteiger partial charge < -0.3 is 4.57 Å². The summed E-state index contributed by atoms with van der Waals surface area (Å²) < 4.78 is 2.18. The third kappa shape index (κ3) is 1.87. The van der Waals surface area contributed by atoms with Gasteiger partial charge in [-0.3, -0.25) is 0 Å². The van der Waals surface area contributed by atoms with E-state index in [2.05, 4.69) is 61.6 Å². The van der Waals surface area contributed by atoms with Gasteiger partial charge in [-0.2, -0.15) is 0 Å². The molecule has 0 amide bonds. The summed E-state index contributed by atoms with van der Waals surface area (Å²) in [5.41, 5.74) is 2.47. The molecule has 84 valence electrons. The minimum Gasteiger partial charge on any atom is -0.331 e. The molecule has 16 heavy (non-hydrogen) atoms. The normalized spacial score (nSPS) is 11.8. The van der Waals surface area contributed by atoms with E-state index < -0.39 is 0 Å². The Bertz CT molecular complexity index is 475. The largest absolute Gasteiger partial charge is 0.331 e. The van der Waals surface area contributed by atoms with Crippen LogP contribution in [0.2, 0.25) is 0 Å². The summed E-state index contributed by atoms with van der Waals surface area (Å²) in [6.07, 6.45) is 1.95. The highest BCUT2D eigenvalue weighted by Gasteiger charge is 2.20. The third-order valence-corrected chi connectivity index (χ3v) is 2.73. The van der Waals surface area contributed by atoms with Crippen molar-refractivity contribution < 1.29 is 0 Å². The molecule has 0 saturated carbocycles. The summed E-state index contributed by atoms with van der Waals surface area (Å²) in [5.74, 6) is 1.12. The summed E-state index contributed by atoms with van der Waals surface area (Å²) >= 11 is 0. The average molecular weight is 214 g/mol. The van der Waals surface area contributed by atoms with E-state index in [1.54, 1.807) is 0 Å². The molecule has 0 spiro atoms. The molecule has 0 N–H and O–H groups in total. The quantitative estimate of drug-likeness (QED) is 0.711. The Hall–Kier alpha value is -1.57. The van der Waals surface area contributed by atoms with Crippen LogP contribution in [0.3, 0.4) is 0 Å². The van der Waals surface area contributed by atoms with Gasteiger partial charge in [-0.15, -0.1) is 0 Å². The number of benzene rings is 1. The van der Waals surface area contributed by atoms with Crippen molar-refractivity contribution >= 4 is 0 Å². The minimum atomic E-state index is 0.0851. The molecule has 1 heterocycles. The van der Waals surface area contributed by atoms with Crippen LogP contribution in [0.4, 0.5) is 0 Å². The van der Waals surface area contributed by atoms with Gasteiger partial charge in [0, 0.05) is 12.5 Å². The fourth-order valence-corrected chi connectivity index (χ4v) is 1.98. The van der Waals surface area contributed by atoms with Gasteiger partial charge in [-0.1, -0.05) is 51.1 Å². The Morgan fingerprint density at radius 1 is 1.06 bits per heavy atom. The summed E-state index contributed by atoms with van der Waals surface area (Å²) in [7, 11) is 2.08. The highest BCUT2D eigenvalue weighted by atomic mass is 15.1. The molecule has 0 atom stereocenters. The molecule has 0 aliphatic heterocycles. The molecule has 0 aliphatic rings. The molecule has 0 fully saturated rings. The van der Waals surface area contributed by atoms with E-state index in [0.29, 0.717) is 0 Å². The molecule has 0 unspecified atom stereocenters. The maximum Gasteiger partial charge on any atom is 0.114 e. The Morgan fingerprint density at radius 2 is 1.69 bits per heavy atom. The monoisotopic (exact) mass is 214 g/mol. The Balaban J connectivity index is 2.50. The van der Waals surface area contributed by atoms with Crippen molar-refractivity contribution in [2.24, 2.45) is 7.05 Å². The number of rotatable bonds is 1. The minimum absolute atomic E-state index is 0.0851. The highest BCUT2D eigenvalue weighted by molar-refractivity contribution is 5.59. The zero-order chi connectivity index (χ0) is 11.8. The van der Waals surface area contributed by atoms with Crippen LogP contribution < -0.4 is 0 Å². The first-order chi connectivity index (χ1) is 7.50. The van der Waals surface area contributed by atoms with Crippen molar-refractivity contribution in [3.63, 3.8) is 0 Å². The molecule has 0 bridgehead atoms. The highest BCUT2D eigenvalue weighted by Crippen LogP contribution is 2.26. The lowest BCUT2D eigenvalue weighted by Crippen LogP contribution is -2.17. The van der Waals surface area contributed by atoms with Crippen molar-refractivity contribution in [3.05, 3.63) is 42.4 Å². The van der Waals surface area contributed by atoms with Gasteiger partial charge in [0.05, 0.1) is 11.9 Å². The summed E-state index contributed by atoms with van der Waals surface area (Å²) in [5, 5.41) is 0.